The Balaban J connectivity index is 1.85. The highest BCUT2D eigenvalue weighted by Crippen LogP contribution is 2.32. The summed E-state index contributed by atoms with van der Waals surface area (Å²) in [6.45, 7) is 0.625. The van der Waals surface area contributed by atoms with Crippen LogP contribution in [0, 0.1) is 0 Å². The Hall–Kier alpha value is -1.24. The van der Waals surface area contributed by atoms with Crippen LogP contribution in [-0.4, -0.2) is 44.0 Å². The molecule has 7 heteroatoms. The Morgan fingerprint density at radius 2 is 2.17 bits per heavy atom. The quantitative estimate of drug-likeness (QED) is 0.714. The van der Waals surface area contributed by atoms with E-state index in [2.05, 4.69) is 15.3 Å². The minimum absolute atomic E-state index is 0.0784. The summed E-state index contributed by atoms with van der Waals surface area (Å²) in [6.07, 6.45) is 3.22. The summed E-state index contributed by atoms with van der Waals surface area (Å²) in [5.41, 5.74) is 0.567. The fraction of sp³-hybridized carbons (Fsp3) is 0.545. The van der Waals surface area contributed by atoms with Gasteiger partial charge in [-0.3, -0.25) is 20.0 Å². The first-order chi connectivity index (χ1) is 8.68. The molecule has 3 rings (SSSR count). The van der Waals surface area contributed by atoms with E-state index in [9.17, 15) is 9.90 Å². The number of aromatic nitrogens is 2. The van der Waals surface area contributed by atoms with Crippen molar-refractivity contribution >= 4 is 17.5 Å². The highest BCUT2D eigenvalue weighted by atomic mass is 35.5. The molecule has 6 nitrogen and oxygen atoms in total. The van der Waals surface area contributed by atoms with Crippen LogP contribution in [0.2, 0.25) is 0 Å². The van der Waals surface area contributed by atoms with Crippen molar-refractivity contribution in [3.05, 3.63) is 23.8 Å². The molecule has 0 saturated carbocycles. The van der Waals surface area contributed by atoms with Gasteiger partial charge in [0.05, 0.1) is 6.17 Å². The molecule has 1 aromatic rings. The summed E-state index contributed by atoms with van der Waals surface area (Å²) < 4.78 is 0. The van der Waals surface area contributed by atoms with Gasteiger partial charge in [0.1, 0.15) is 5.69 Å². The number of hydrogen-bond donors (Lipinski definition) is 2. The molecule has 3 heterocycles. The number of carbonyl (C=O) groups excluding carboxylic acids is 1. The molecule has 2 aliphatic heterocycles. The molecule has 96 valence electrons. The summed E-state index contributed by atoms with van der Waals surface area (Å²) in [5, 5.41) is 13.4. The molecule has 18 heavy (non-hydrogen) atoms. The van der Waals surface area contributed by atoms with Gasteiger partial charge < -0.3 is 5.11 Å². The molecule has 0 aromatic carbocycles. The van der Waals surface area contributed by atoms with Gasteiger partial charge in [-0.25, -0.2) is 4.98 Å². The monoisotopic (exact) mass is 268 g/mol. The smallest absolute Gasteiger partial charge is 0.278 e. The third kappa shape index (κ3) is 1.77. The van der Waals surface area contributed by atoms with Gasteiger partial charge >= 0.3 is 0 Å². The zero-order chi connectivity index (χ0) is 12.7. The molecule has 1 amide bonds. The average Bonchev–Trinajstić information content (AvgIpc) is 2.64. The highest BCUT2D eigenvalue weighted by Gasteiger charge is 2.42. The van der Waals surface area contributed by atoms with E-state index < -0.39 is 6.23 Å². The maximum Gasteiger partial charge on any atom is 0.278 e. The number of amides is 1. The fourth-order valence-electron chi connectivity index (χ4n) is 2.42. The molecule has 0 unspecified atom stereocenters. The topological polar surface area (TPSA) is 78.3 Å². The second kappa shape index (κ2) is 4.46. The first-order valence-corrected chi connectivity index (χ1v) is 6.31. The number of nitrogens with zero attached hydrogens (tertiary/aromatic N) is 3. The third-order valence-electron chi connectivity index (χ3n) is 3.34. The molecule has 1 fully saturated rings. The normalized spacial score (nSPS) is 31.6. The maximum absolute atomic E-state index is 12.2. The van der Waals surface area contributed by atoms with Gasteiger partial charge in [0.15, 0.2) is 11.9 Å². The van der Waals surface area contributed by atoms with Crippen molar-refractivity contribution in [2.45, 2.75) is 30.6 Å². The van der Waals surface area contributed by atoms with E-state index in [1.165, 1.54) is 17.3 Å². The fourth-order valence-corrected chi connectivity index (χ4v) is 2.64. The van der Waals surface area contributed by atoms with Crippen molar-refractivity contribution in [1.29, 1.82) is 0 Å². The number of hydrogen-bond acceptors (Lipinski definition) is 5. The second-order valence-corrected chi connectivity index (χ2v) is 5.09. The van der Waals surface area contributed by atoms with E-state index in [4.69, 9.17) is 11.6 Å². The van der Waals surface area contributed by atoms with Gasteiger partial charge in [-0.1, -0.05) is 0 Å². The number of nitrogens with one attached hydrogen (secondary N) is 1. The minimum Gasteiger partial charge on any atom is -0.368 e. The van der Waals surface area contributed by atoms with Crippen molar-refractivity contribution in [1.82, 2.24) is 20.2 Å². The molecular weight excluding hydrogens is 256 g/mol. The number of piperidine rings is 1. The zero-order valence-corrected chi connectivity index (χ0v) is 10.3. The van der Waals surface area contributed by atoms with Gasteiger partial charge in [0.2, 0.25) is 0 Å². The molecule has 0 aliphatic carbocycles. The molecule has 1 aromatic heterocycles. The lowest BCUT2D eigenvalue weighted by Crippen LogP contribution is -2.52. The van der Waals surface area contributed by atoms with Crippen molar-refractivity contribution in [2.75, 3.05) is 6.54 Å². The number of aliphatic hydroxyl groups is 1. The summed E-state index contributed by atoms with van der Waals surface area (Å²) in [6, 6.07) is 0. The van der Waals surface area contributed by atoms with Crippen molar-refractivity contribution in [3.8, 4) is 0 Å². The Bertz CT molecular complexity index is 476. The van der Waals surface area contributed by atoms with Crippen LogP contribution in [0.25, 0.3) is 0 Å². The van der Waals surface area contributed by atoms with Gasteiger partial charge in [-0.05, 0) is 12.8 Å². The minimum atomic E-state index is -1.02. The van der Waals surface area contributed by atoms with Gasteiger partial charge in [-0.15, -0.1) is 11.6 Å². The van der Waals surface area contributed by atoms with Crippen molar-refractivity contribution in [2.24, 2.45) is 0 Å². The van der Waals surface area contributed by atoms with E-state index in [1.807, 2.05) is 0 Å². The average molecular weight is 269 g/mol. The van der Waals surface area contributed by atoms with Crippen molar-refractivity contribution in [3.63, 3.8) is 0 Å². The van der Waals surface area contributed by atoms with Crippen LogP contribution in [0.4, 0.5) is 0 Å². The summed E-state index contributed by atoms with van der Waals surface area (Å²) in [5.74, 6) is -0.281. The lowest BCUT2D eigenvalue weighted by molar-refractivity contribution is -0.0178. The predicted molar refractivity (Wildman–Crippen MR) is 63.8 cm³/mol. The molecule has 2 N–H and O–H groups in total. The molecule has 0 radical (unpaired) electrons. The van der Waals surface area contributed by atoms with E-state index in [0.29, 0.717) is 18.7 Å². The number of fused-ring (bicyclic) bond motifs is 1. The zero-order valence-electron chi connectivity index (χ0n) is 9.58. The molecular formula is C11H13ClN4O2. The first-order valence-electron chi connectivity index (χ1n) is 5.87. The number of carbonyl (C=O) groups is 1. The number of alkyl halides is 1. The second-order valence-electron chi connectivity index (χ2n) is 4.47. The Morgan fingerprint density at radius 3 is 2.83 bits per heavy atom. The van der Waals surface area contributed by atoms with Crippen LogP contribution >= 0.6 is 11.6 Å². The molecule has 0 spiro atoms. The number of aliphatic hydroxyl groups excluding tert-OH is 1. The van der Waals surface area contributed by atoms with E-state index in [0.717, 1.165) is 6.42 Å². The molecule has 3 atom stereocenters. The molecule has 1 saturated heterocycles. The van der Waals surface area contributed by atoms with Crippen LogP contribution in [-0.2, 0) is 0 Å². The summed E-state index contributed by atoms with van der Waals surface area (Å²) in [7, 11) is 0. The van der Waals surface area contributed by atoms with Crippen LogP contribution < -0.4 is 5.32 Å². The van der Waals surface area contributed by atoms with Crippen LogP contribution in [0.15, 0.2) is 12.4 Å². The van der Waals surface area contributed by atoms with Crippen LogP contribution in [0.1, 0.15) is 35.3 Å². The predicted octanol–water partition coefficient (Wildman–Crippen LogP) is 0.240. The highest BCUT2D eigenvalue weighted by molar-refractivity contribution is 6.20. The first kappa shape index (κ1) is 11.8. The number of rotatable bonds is 1. The van der Waals surface area contributed by atoms with Gasteiger partial charge in [0, 0.05) is 24.3 Å². The van der Waals surface area contributed by atoms with Gasteiger partial charge in [0.25, 0.3) is 5.91 Å². The van der Waals surface area contributed by atoms with E-state index in [-0.39, 0.29) is 23.1 Å². The Kier molecular flexibility index (Phi) is 2.93. The molecule has 2 aliphatic rings. The third-order valence-corrected chi connectivity index (χ3v) is 3.71. The maximum atomic E-state index is 12.2. The SMILES string of the molecule is O=C1c2nccnc2[C@@H](O)N1[C@@H]1CC[C@H](Cl)CN1. The van der Waals surface area contributed by atoms with Crippen LogP contribution in [0.5, 0.6) is 0 Å². The largest absolute Gasteiger partial charge is 0.368 e. The van der Waals surface area contributed by atoms with Crippen molar-refractivity contribution < 1.29 is 9.90 Å². The lowest BCUT2D eigenvalue weighted by atomic mass is 10.1. The Morgan fingerprint density at radius 1 is 1.39 bits per heavy atom. The van der Waals surface area contributed by atoms with E-state index in [1.54, 1.807) is 0 Å². The van der Waals surface area contributed by atoms with Gasteiger partial charge in [-0.2, -0.15) is 0 Å². The Labute approximate surface area is 109 Å². The summed E-state index contributed by atoms with van der Waals surface area (Å²) >= 11 is 6.00. The summed E-state index contributed by atoms with van der Waals surface area (Å²) in [4.78, 5) is 21.6. The lowest BCUT2D eigenvalue weighted by Gasteiger charge is -2.35. The van der Waals surface area contributed by atoms with Crippen LogP contribution in [0.3, 0.4) is 0 Å². The standard InChI is InChI=1S/C11H13ClN4O2/c12-6-1-2-7(15-5-6)16-10(17)8-9(11(16)18)14-4-3-13-8/h3-4,6-7,10,15,17H,1-2,5H2/t6-,7+,10+/m0/s1. The van der Waals surface area contributed by atoms with E-state index >= 15 is 0 Å². The number of halogens is 1. The molecule has 0 bridgehead atoms.